The van der Waals surface area contributed by atoms with E-state index in [2.05, 4.69) is 31.0 Å². The SMILES string of the molecule is CCCCC(CC)C(O)Cc1ccc2ccccc2n1. The molecule has 0 fully saturated rings. The number of para-hydroxylation sites is 1. The third-order valence-electron chi connectivity index (χ3n) is 4.07. The second kappa shape index (κ2) is 7.39. The van der Waals surface area contributed by atoms with Gasteiger partial charge in [-0.15, -0.1) is 0 Å². The highest BCUT2D eigenvalue weighted by molar-refractivity contribution is 5.78. The Morgan fingerprint density at radius 3 is 2.65 bits per heavy atom. The van der Waals surface area contributed by atoms with Gasteiger partial charge in [-0.1, -0.05) is 57.4 Å². The van der Waals surface area contributed by atoms with Crippen LogP contribution >= 0.6 is 0 Å². The molecular formula is C18H25NO. The first kappa shape index (κ1) is 15.0. The fourth-order valence-electron chi connectivity index (χ4n) is 2.74. The Bertz CT molecular complexity index is 538. The van der Waals surface area contributed by atoms with Gasteiger partial charge in [0.1, 0.15) is 0 Å². The van der Waals surface area contributed by atoms with Crippen LogP contribution in [0.15, 0.2) is 36.4 Å². The number of unbranched alkanes of at least 4 members (excludes halogenated alkanes) is 1. The third kappa shape index (κ3) is 3.80. The van der Waals surface area contributed by atoms with Crippen LogP contribution in [0.25, 0.3) is 10.9 Å². The van der Waals surface area contributed by atoms with Crippen LogP contribution in [0.2, 0.25) is 0 Å². The standard InChI is InChI=1S/C18H25NO/c1-3-5-8-14(4-2)18(20)13-16-12-11-15-9-6-7-10-17(15)19-16/h6-7,9-12,14,18,20H,3-5,8,13H2,1-2H3. The summed E-state index contributed by atoms with van der Waals surface area (Å²) in [6.07, 6.45) is 4.92. The average molecular weight is 271 g/mol. The molecule has 1 heterocycles. The fourth-order valence-corrected chi connectivity index (χ4v) is 2.74. The third-order valence-corrected chi connectivity index (χ3v) is 4.07. The van der Waals surface area contributed by atoms with Crippen LogP contribution in [0, 0.1) is 5.92 Å². The zero-order valence-corrected chi connectivity index (χ0v) is 12.5. The van der Waals surface area contributed by atoms with E-state index in [-0.39, 0.29) is 6.10 Å². The molecule has 1 N–H and O–H groups in total. The van der Waals surface area contributed by atoms with Crippen molar-refractivity contribution in [3.05, 3.63) is 42.1 Å². The molecule has 2 aromatic rings. The number of benzene rings is 1. The largest absolute Gasteiger partial charge is 0.392 e. The Balaban J connectivity index is 2.06. The molecule has 2 heteroatoms. The predicted octanol–water partition coefficient (Wildman–Crippen LogP) is 4.35. The minimum Gasteiger partial charge on any atom is -0.392 e. The number of aliphatic hydroxyl groups is 1. The number of hydrogen-bond donors (Lipinski definition) is 1. The lowest BCUT2D eigenvalue weighted by atomic mass is 9.90. The van der Waals surface area contributed by atoms with Crippen molar-refractivity contribution < 1.29 is 5.11 Å². The molecule has 2 rings (SSSR count). The van der Waals surface area contributed by atoms with Gasteiger partial charge in [-0.25, -0.2) is 0 Å². The number of hydrogen-bond acceptors (Lipinski definition) is 2. The normalized spacial score (nSPS) is 14.3. The van der Waals surface area contributed by atoms with Gasteiger partial charge in [0.15, 0.2) is 0 Å². The van der Waals surface area contributed by atoms with Gasteiger partial charge in [0.05, 0.1) is 11.6 Å². The van der Waals surface area contributed by atoms with Gasteiger partial charge in [-0.2, -0.15) is 0 Å². The van der Waals surface area contributed by atoms with Gasteiger partial charge in [-0.05, 0) is 24.5 Å². The van der Waals surface area contributed by atoms with Crippen LogP contribution in [-0.2, 0) is 6.42 Å². The molecule has 0 amide bonds. The van der Waals surface area contributed by atoms with Crippen LogP contribution in [0.5, 0.6) is 0 Å². The minimum atomic E-state index is -0.278. The van der Waals surface area contributed by atoms with Crippen LogP contribution < -0.4 is 0 Å². The lowest BCUT2D eigenvalue weighted by Gasteiger charge is -2.21. The molecule has 0 radical (unpaired) electrons. The molecule has 0 spiro atoms. The average Bonchev–Trinajstić information content (AvgIpc) is 2.48. The molecule has 0 aliphatic heterocycles. The molecule has 1 aromatic carbocycles. The molecule has 0 aliphatic rings. The van der Waals surface area contributed by atoms with E-state index in [0.717, 1.165) is 29.4 Å². The Hall–Kier alpha value is -1.41. The Labute approximate surface area is 121 Å². The maximum atomic E-state index is 10.4. The molecule has 20 heavy (non-hydrogen) atoms. The first-order chi connectivity index (χ1) is 9.74. The highest BCUT2D eigenvalue weighted by Crippen LogP contribution is 2.20. The maximum Gasteiger partial charge on any atom is 0.0705 e. The van der Waals surface area contributed by atoms with Crippen molar-refractivity contribution in [2.45, 2.75) is 52.1 Å². The van der Waals surface area contributed by atoms with Gasteiger partial charge < -0.3 is 5.11 Å². The first-order valence-corrected chi connectivity index (χ1v) is 7.77. The number of pyridine rings is 1. The summed E-state index contributed by atoms with van der Waals surface area (Å²) in [6.45, 7) is 4.36. The van der Waals surface area contributed by atoms with E-state index in [4.69, 9.17) is 0 Å². The van der Waals surface area contributed by atoms with Crippen LogP contribution in [0.3, 0.4) is 0 Å². The van der Waals surface area contributed by atoms with E-state index in [1.807, 2.05) is 24.3 Å². The molecule has 2 nitrogen and oxygen atoms in total. The molecule has 2 atom stereocenters. The van der Waals surface area contributed by atoms with Crippen molar-refractivity contribution in [3.8, 4) is 0 Å². The quantitative estimate of drug-likeness (QED) is 0.812. The van der Waals surface area contributed by atoms with Gasteiger partial charge in [0, 0.05) is 17.5 Å². The van der Waals surface area contributed by atoms with E-state index in [9.17, 15) is 5.11 Å². The van der Waals surface area contributed by atoms with Gasteiger partial charge in [-0.3, -0.25) is 4.98 Å². The Morgan fingerprint density at radius 2 is 1.90 bits per heavy atom. The number of aromatic nitrogens is 1. The minimum absolute atomic E-state index is 0.278. The lowest BCUT2D eigenvalue weighted by Crippen LogP contribution is -2.23. The summed E-state index contributed by atoms with van der Waals surface area (Å²) in [5.74, 6) is 0.392. The summed E-state index contributed by atoms with van der Waals surface area (Å²) in [5.41, 5.74) is 2.00. The lowest BCUT2D eigenvalue weighted by molar-refractivity contribution is 0.0979. The number of nitrogens with zero attached hydrogens (tertiary/aromatic N) is 1. The number of aliphatic hydroxyl groups excluding tert-OH is 1. The molecule has 1 aromatic heterocycles. The molecule has 2 unspecified atom stereocenters. The summed E-state index contributed by atoms with van der Waals surface area (Å²) < 4.78 is 0. The van der Waals surface area contributed by atoms with E-state index >= 15 is 0 Å². The summed E-state index contributed by atoms with van der Waals surface area (Å²) in [5, 5.41) is 11.6. The molecule has 108 valence electrons. The Morgan fingerprint density at radius 1 is 1.10 bits per heavy atom. The van der Waals surface area contributed by atoms with Gasteiger partial charge >= 0.3 is 0 Å². The van der Waals surface area contributed by atoms with Crippen LogP contribution in [-0.4, -0.2) is 16.2 Å². The summed E-state index contributed by atoms with van der Waals surface area (Å²) >= 11 is 0. The predicted molar refractivity (Wildman–Crippen MR) is 84.8 cm³/mol. The monoisotopic (exact) mass is 271 g/mol. The second-order valence-corrected chi connectivity index (χ2v) is 5.58. The maximum absolute atomic E-state index is 10.4. The molecular weight excluding hydrogens is 246 g/mol. The Kier molecular flexibility index (Phi) is 5.54. The molecule has 0 saturated heterocycles. The van der Waals surface area contributed by atoms with Crippen molar-refractivity contribution in [1.82, 2.24) is 4.98 Å². The van der Waals surface area contributed by atoms with Crippen molar-refractivity contribution in [2.75, 3.05) is 0 Å². The van der Waals surface area contributed by atoms with Crippen molar-refractivity contribution in [1.29, 1.82) is 0 Å². The van der Waals surface area contributed by atoms with E-state index in [1.54, 1.807) is 0 Å². The van der Waals surface area contributed by atoms with Crippen LogP contribution in [0.1, 0.15) is 45.2 Å². The second-order valence-electron chi connectivity index (χ2n) is 5.58. The van der Waals surface area contributed by atoms with E-state index in [0.29, 0.717) is 12.3 Å². The summed E-state index contributed by atoms with van der Waals surface area (Å²) in [7, 11) is 0. The highest BCUT2D eigenvalue weighted by atomic mass is 16.3. The summed E-state index contributed by atoms with van der Waals surface area (Å²) in [6, 6.07) is 12.3. The highest BCUT2D eigenvalue weighted by Gasteiger charge is 2.17. The molecule has 0 bridgehead atoms. The van der Waals surface area contributed by atoms with Crippen LogP contribution in [0.4, 0.5) is 0 Å². The number of rotatable bonds is 7. The fraction of sp³-hybridized carbons (Fsp3) is 0.500. The van der Waals surface area contributed by atoms with Gasteiger partial charge in [0.2, 0.25) is 0 Å². The van der Waals surface area contributed by atoms with E-state index in [1.165, 1.54) is 12.8 Å². The first-order valence-electron chi connectivity index (χ1n) is 7.77. The molecule has 0 aliphatic carbocycles. The molecule has 0 saturated carbocycles. The zero-order chi connectivity index (χ0) is 14.4. The van der Waals surface area contributed by atoms with Gasteiger partial charge in [0.25, 0.3) is 0 Å². The topological polar surface area (TPSA) is 33.1 Å². The number of fused-ring (bicyclic) bond motifs is 1. The summed E-state index contributed by atoms with van der Waals surface area (Å²) in [4.78, 5) is 4.65. The van der Waals surface area contributed by atoms with Crippen molar-refractivity contribution in [2.24, 2.45) is 5.92 Å². The van der Waals surface area contributed by atoms with Crippen molar-refractivity contribution >= 4 is 10.9 Å². The van der Waals surface area contributed by atoms with E-state index < -0.39 is 0 Å². The smallest absolute Gasteiger partial charge is 0.0705 e. The zero-order valence-electron chi connectivity index (χ0n) is 12.5. The van der Waals surface area contributed by atoms with Crippen molar-refractivity contribution in [3.63, 3.8) is 0 Å².